The molecule has 0 aromatic rings. The average molecular weight is 256 g/mol. The van der Waals surface area contributed by atoms with Gasteiger partial charge in [0.05, 0.1) is 5.60 Å². The maximum Gasteiger partial charge on any atom is 0.462 e. The lowest BCUT2D eigenvalue weighted by Crippen LogP contribution is -2.55. The van der Waals surface area contributed by atoms with Crippen LogP contribution in [0, 0.1) is 0 Å². The third-order valence-corrected chi connectivity index (χ3v) is 1.98. The zero-order valence-corrected chi connectivity index (χ0v) is 8.76. The number of alkyl halides is 7. The van der Waals surface area contributed by atoms with Crippen molar-refractivity contribution >= 4 is 0 Å². The second kappa shape index (κ2) is 4.05. The Kier molecular flexibility index (Phi) is 3.91. The highest BCUT2D eigenvalue weighted by molar-refractivity contribution is 4.87. The lowest BCUT2D eigenvalue weighted by Gasteiger charge is -2.34. The van der Waals surface area contributed by atoms with E-state index in [1.54, 1.807) is 0 Å². The molecule has 0 rings (SSSR count). The van der Waals surface area contributed by atoms with E-state index >= 15 is 0 Å². The Morgan fingerprint density at radius 2 is 1.25 bits per heavy atom. The van der Waals surface area contributed by atoms with Crippen LogP contribution in [0.5, 0.6) is 0 Å². The maximum atomic E-state index is 12.7. The van der Waals surface area contributed by atoms with Crippen molar-refractivity contribution in [1.29, 1.82) is 0 Å². The maximum absolute atomic E-state index is 12.7. The van der Waals surface area contributed by atoms with Crippen LogP contribution in [0.25, 0.3) is 0 Å². The van der Waals surface area contributed by atoms with Crippen molar-refractivity contribution in [2.24, 2.45) is 0 Å². The summed E-state index contributed by atoms with van der Waals surface area (Å²) >= 11 is 0. The van der Waals surface area contributed by atoms with Gasteiger partial charge in [-0.15, -0.1) is 0 Å². The Bertz CT molecular complexity index is 243. The SMILES string of the molecule is CCC(C)(C)OC(F)(F)C(F)(F)C(F)(F)F. The third-order valence-electron chi connectivity index (χ3n) is 1.98. The van der Waals surface area contributed by atoms with Crippen LogP contribution in [0.1, 0.15) is 27.2 Å². The summed E-state index contributed by atoms with van der Waals surface area (Å²) in [6, 6.07) is 0. The summed E-state index contributed by atoms with van der Waals surface area (Å²) in [5.41, 5.74) is -1.78. The largest absolute Gasteiger partial charge is 0.462 e. The summed E-state index contributed by atoms with van der Waals surface area (Å²) in [5.74, 6) is -6.22. The first-order valence-electron chi connectivity index (χ1n) is 4.29. The van der Waals surface area contributed by atoms with E-state index in [0.717, 1.165) is 13.8 Å². The molecule has 0 N–H and O–H groups in total. The molecule has 0 aliphatic carbocycles. The highest BCUT2D eigenvalue weighted by atomic mass is 19.4. The molecule has 0 aromatic heterocycles. The van der Waals surface area contributed by atoms with Gasteiger partial charge in [0.15, 0.2) is 0 Å². The number of ether oxygens (including phenoxy) is 1. The lowest BCUT2D eigenvalue weighted by atomic mass is 10.1. The Balaban J connectivity index is 5.07. The minimum Gasteiger partial charge on any atom is -0.309 e. The molecule has 0 unspecified atom stereocenters. The van der Waals surface area contributed by atoms with Gasteiger partial charge in [0.2, 0.25) is 0 Å². The Morgan fingerprint density at radius 3 is 1.50 bits per heavy atom. The smallest absolute Gasteiger partial charge is 0.309 e. The van der Waals surface area contributed by atoms with Crippen molar-refractivity contribution in [3.05, 3.63) is 0 Å². The summed E-state index contributed by atoms with van der Waals surface area (Å²) in [7, 11) is 0. The van der Waals surface area contributed by atoms with E-state index in [-0.39, 0.29) is 6.42 Å². The van der Waals surface area contributed by atoms with Crippen LogP contribution in [-0.4, -0.2) is 23.8 Å². The molecule has 0 aliphatic heterocycles. The minimum absolute atomic E-state index is 0.142. The number of hydrogen-bond donors (Lipinski definition) is 0. The van der Waals surface area contributed by atoms with Crippen LogP contribution in [0.2, 0.25) is 0 Å². The quantitative estimate of drug-likeness (QED) is 0.691. The first kappa shape index (κ1) is 15.5. The molecule has 0 aromatic carbocycles. The molecule has 0 amide bonds. The highest BCUT2D eigenvalue weighted by Gasteiger charge is 2.75. The summed E-state index contributed by atoms with van der Waals surface area (Å²) in [5, 5.41) is 0. The fourth-order valence-corrected chi connectivity index (χ4v) is 0.648. The second-order valence-electron chi connectivity index (χ2n) is 3.80. The van der Waals surface area contributed by atoms with E-state index in [1.807, 2.05) is 0 Å². The van der Waals surface area contributed by atoms with Gasteiger partial charge in [-0.2, -0.15) is 30.7 Å². The summed E-state index contributed by atoms with van der Waals surface area (Å²) in [6.07, 6.45) is -12.1. The first-order valence-corrected chi connectivity index (χ1v) is 4.29. The Morgan fingerprint density at radius 1 is 0.875 bits per heavy atom. The summed E-state index contributed by atoms with van der Waals surface area (Å²) in [4.78, 5) is 0. The predicted octanol–water partition coefficient (Wildman–Crippen LogP) is 3.98. The van der Waals surface area contributed by atoms with Crippen LogP contribution in [0.3, 0.4) is 0 Å². The minimum atomic E-state index is -6.36. The molecule has 0 spiro atoms. The van der Waals surface area contributed by atoms with Gasteiger partial charge in [-0.1, -0.05) is 6.92 Å². The summed E-state index contributed by atoms with van der Waals surface area (Å²) < 4.78 is 88.8. The standard InChI is InChI=1S/C8H11F7O/c1-4-5(2,3)16-8(14,15)6(9,10)7(11,12)13/h4H2,1-3H3. The van der Waals surface area contributed by atoms with Crippen molar-refractivity contribution in [2.45, 2.75) is 51.0 Å². The molecule has 0 atom stereocenters. The molecular formula is C8H11F7O. The van der Waals surface area contributed by atoms with E-state index in [0.29, 0.717) is 0 Å². The molecule has 0 bridgehead atoms. The zero-order valence-electron chi connectivity index (χ0n) is 8.76. The number of rotatable bonds is 4. The highest BCUT2D eigenvalue weighted by Crippen LogP contribution is 2.48. The number of hydrogen-bond acceptors (Lipinski definition) is 1. The van der Waals surface area contributed by atoms with Gasteiger partial charge in [0, 0.05) is 0 Å². The van der Waals surface area contributed by atoms with E-state index in [1.165, 1.54) is 6.92 Å². The van der Waals surface area contributed by atoms with Gasteiger partial charge in [-0.25, -0.2) is 0 Å². The molecule has 0 radical (unpaired) electrons. The fraction of sp³-hybridized carbons (Fsp3) is 1.00. The fourth-order valence-electron chi connectivity index (χ4n) is 0.648. The lowest BCUT2D eigenvalue weighted by molar-refractivity contribution is -0.440. The molecule has 0 saturated heterocycles. The normalized spacial score (nSPS) is 15.4. The van der Waals surface area contributed by atoms with Crippen molar-refractivity contribution in [1.82, 2.24) is 0 Å². The van der Waals surface area contributed by atoms with E-state index in [4.69, 9.17) is 0 Å². The van der Waals surface area contributed by atoms with Gasteiger partial charge < -0.3 is 4.74 Å². The van der Waals surface area contributed by atoms with Crippen molar-refractivity contribution in [3.8, 4) is 0 Å². The third kappa shape index (κ3) is 2.99. The van der Waals surface area contributed by atoms with E-state index in [2.05, 4.69) is 4.74 Å². The molecule has 16 heavy (non-hydrogen) atoms. The first-order chi connectivity index (χ1) is 6.77. The van der Waals surface area contributed by atoms with Gasteiger partial charge in [-0.3, -0.25) is 0 Å². The van der Waals surface area contributed by atoms with Crippen LogP contribution in [0.15, 0.2) is 0 Å². The topological polar surface area (TPSA) is 9.23 Å². The van der Waals surface area contributed by atoms with E-state index in [9.17, 15) is 30.7 Å². The molecule has 8 heteroatoms. The van der Waals surface area contributed by atoms with Crippen molar-refractivity contribution in [3.63, 3.8) is 0 Å². The Hall–Kier alpha value is -0.530. The van der Waals surface area contributed by atoms with Gasteiger partial charge in [-0.05, 0) is 20.3 Å². The Labute approximate surface area is 87.6 Å². The van der Waals surface area contributed by atoms with Crippen molar-refractivity contribution in [2.75, 3.05) is 0 Å². The van der Waals surface area contributed by atoms with Gasteiger partial charge in [0.25, 0.3) is 0 Å². The number of halogens is 7. The van der Waals surface area contributed by atoms with Crippen LogP contribution in [-0.2, 0) is 4.74 Å². The van der Waals surface area contributed by atoms with Crippen molar-refractivity contribution < 1.29 is 35.5 Å². The molecule has 0 aliphatic rings. The van der Waals surface area contributed by atoms with Gasteiger partial charge in [0.1, 0.15) is 0 Å². The van der Waals surface area contributed by atoms with Gasteiger partial charge >= 0.3 is 18.2 Å². The van der Waals surface area contributed by atoms with Crippen LogP contribution >= 0.6 is 0 Å². The molecule has 98 valence electrons. The van der Waals surface area contributed by atoms with Crippen LogP contribution in [0.4, 0.5) is 30.7 Å². The molecule has 0 heterocycles. The molecular weight excluding hydrogens is 245 g/mol. The van der Waals surface area contributed by atoms with E-state index < -0.39 is 23.8 Å². The summed E-state index contributed by atoms with van der Waals surface area (Å²) in [6.45, 7) is 3.31. The second-order valence-corrected chi connectivity index (χ2v) is 3.80. The molecule has 0 saturated carbocycles. The van der Waals surface area contributed by atoms with Crippen LogP contribution < -0.4 is 0 Å². The predicted molar refractivity (Wildman–Crippen MR) is 41.4 cm³/mol. The zero-order chi connectivity index (χ0) is 13.4. The monoisotopic (exact) mass is 256 g/mol. The molecule has 0 fully saturated rings. The average Bonchev–Trinajstić information content (AvgIpc) is 2.00. The molecule has 1 nitrogen and oxygen atoms in total.